The Balaban J connectivity index is 1.19. The molecule has 2 fully saturated rings. The number of carbonyl (C=O) groups excluding carboxylic acids is 1. The molecule has 12 heteroatoms. The van der Waals surface area contributed by atoms with Crippen molar-refractivity contribution in [1.82, 2.24) is 25.0 Å². The first-order chi connectivity index (χ1) is 18.7. The molecule has 1 aromatic carbocycles. The average molecular weight is 538 g/mol. The SMILES string of the molecule is Cc1noc(N2CC(C(=O)N(C)[C@@H](c3ccc(Nc4cnc5cccnc5c4C4CC4)cc3)C(F)(F)F)C2)n1. The number of halogens is 3. The van der Waals surface area contributed by atoms with Crippen LogP contribution >= 0.6 is 0 Å². The van der Waals surface area contributed by atoms with Crippen molar-refractivity contribution < 1.29 is 22.5 Å². The van der Waals surface area contributed by atoms with E-state index in [1.54, 1.807) is 36.4 Å². The van der Waals surface area contributed by atoms with E-state index in [-0.39, 0.29) is 24.7 Å². The molecule has 39 heavy (non-hydrogen) atoms. The van der Waals surface area contributed by atoms with E-state index in [4.69, 9.17) is 4.52 Å². The number of amides is 1. The predicted molar refractivity (Wildman–Crippen MR) is 138 cm³/mol. The Labute approximate surface area is 222 Å². The Kier molecular flexibility index (Phi) is 6.12. The van der Waals surface area contributed by atoms with Crippen LogP contribution in [-0.4, -0.2) is 57.2 Å². The molecule has 1 aliphatic heterocycles. The standard InChI is InChI=1S/C27H26F3N7O2/c1-15-33-26(39-35-15)37-13-18(14-37)25(38)36(2)24(27(28,29)30)17-7-9-19(10-8-17)34-21-12-32-20-4-3-11-31-23(20)22(21)16-5-6-16/h3-4,7-12,16,18,24,34H,5-6,13-14H2,1-2H3/t24-/m0/s1. The number of anilines is 3. The summed E-state index contributed by atoms with van der Waals surface area (Å²) in [5, 5.41) is 7.02. The third-order valence-electron chi connectivity index (χ3n) is 7.22. The average Bonchev–Trinajstić information content (AvgIpc) is 3.63. The summed E-state index contributed by atoms with van der Waals surface area (Å²) in [6.07, 6.45) is 0.943. The van der Waals surface area contributed by atoms with Crippen molar-refractivity contribution in [2.45, 2.75) is 37.9 Å². The summed E-state index contributed by atoms with van der Waals surface area (Å²) in [5.74, 6) is -0.351. The highest BCUT2D eigenvalue weighted by Crippen LogP contribution is 2.46. The molecule has 1 saturated carbocycles. The Hall–Kier alpha value is -4.22. The van der Waals surface area contributed by atoms with Gasteiger partial charge in [-0.05, 0) is 55.5 Å². The fraction of sp³-hybridized carbons (Fsp3) is 0.370. The number of nitrogens with zero attached hydrogens (tertiary/aromatic N) is 6. The molecule has 1 saturated heterocycles. The molecule has 9 nitrogen and oxygen atoms in total. The normalized spacial score (nSPS) is 16.7. The van der Waals surface area contributed by atoms with Gasteiger partial charge in [0.05, 0.1) is 28.8 Å². The quantitative estimate of drug-likeness (QED) is 0.346. The monoisotopic (exact) mass is 537 g/mol. The Morgan fingerprint density at radius 2 is 1.90 bits per heavy atom. The first-order valence-corrected chi connectivity index (χ1v) is 12.7. The van der Waals surface area contributed by atoms with Gasteiger partial charge in [0.2, 0.25) is 5.91 Å². The number of hydrogen-bond donors (Lipinski definition) is 1. The summed E-state index contributed by atoms with van der Waals surface area (Å²) in [4.78, 5) is 28.6. The number of carbonyl (C=O) groups is 1. The Morgan fingerprint density at radius 1 is 1.15 bits per heavy atom. The molecule has 1 N–H and O–H groups in total. The summed E-state index contributed by atoms with van der Waals surface area (Å²) in [6, 6.07) is 7.93. The second kappa shape index (κ2) is 9.51. The van der Waals surface area contributed by atoms with Crippen LogP contribution in [0.5, 0.6) is 0 Å². The van der Waals surface area contributed by atoms with Crippen LogP contribution in [-0.2, 0) is 4.79 Å². The molecule has 3 aromatic heterocycles. The zero-order chi connectivity index (χ0) is 27.3. The molecule has 2 aliphatic rings. The van der Waals surface area contributed by atoms with Crippen LogP contribution in [0, 0.1) is 12.8 Å². The first-order valence-electron chi connectivity index (χ1n) is 12.7. The van der Waals surface area contributed by atoms with Gasteiger partial charge in [-0.15, -0.1) is 0 Å². The van der Waals surface area contributed by atoms with E-state index in [9.17, 15) is 18.0 Å². The maximum Gasteiger partial charge on any atom is 0.413 e. The molecule has 1 amide bonds. The zero-order valence-electron chi connectivity index (χ0n) is 21.3. The van der Waals surface area contributed by atoms with Crippen molar-refractivity contribution in [3.05, 3.63) is 65.7 Å². The third kappa shape index (κ3) is 4.86. The van der Waals surface area contributed by atoms with Crippen LogP contribution in [0.4, 0.5) is 30.6 Å². The smallest absolute Gasteiger partial charge is 0.354 e. The molecule has 0 radical (unpaired) electrons. The van der Waals surface area contributed by atoms with Crippen LogP contribution in [0.15, 0.2) is 53.3 Å². The van der Waals surface area contributed by atoms with E-state index in [0.717, 1.165) is 40.0 Å². The van der Waals surface area contributed by atoms with Crippen molar-refractivity contribution in [1.29, 1.82) is 0 Å². The van der Waals surface area contributed by atoms with Crippen LogP contribution in [0.3, 0.4) is 0 Å². The lowest BCUT2D eigenvalue weighted by atomic mass is 9.96. The fourth-order valence-electron chi connectivity index (χ4n) is 5.08. The van der Waals surface area contributed by atoms with Gasteiger partial charge in [0, 0.05) is 37.6 Å². The van der Waals surface area contributed by atoms with Crippen molar-refractivity contribution in [2.75, 3.05) is 30.4 Å². The van der Waals surface area contributed by atoms with E-state index in [0.29, 0.717) is 17.4 Å². The highest BCUT2D eigenvalue weighted by Gasteiger charge is 2.48. The minimum Gasteiger partial charge on any atom is -0.354 e. The number of rotatable bonds is 7. The fourth-order valence-corrected chi connectivity index (χ4v) is 5.08. The molecule has 0 spiro atoms. The molecular weight excluding hydrogens is 511 g/mol. The first kappa shape index (κ1) is 25.1. The summed E-state index contributed by atoms with van der Waals surface area (Å²) >= 11 is 0. The van der Waals surface area contributed by atoms with Gasteiger partial charge in [-0.1, -0.05) is 17.3 Å². The van der Waals surface area contributed by atoms with Gasteiger partial charge in [-0.2, -0.15) is 18.2 Å². The van der Waals surface area contributed by atoms with Gasteiger partial charge in [0.1, 0.15) is 0 Å². The van der Waals surface area contributed by atoms with E-state index in [1.165, 1.54) is 19.2 Å². The van der Waals surface area contributed by atoms with E-state index in [2.05, 4.69) is 25.4 Å². The molecule has 4 aromatic rings. The largest absolute Gasteiger partial charge is 0.413 e. The molecule has 6 rings (SSSR count). The van der Waals surface area contributed by atoms with Crippen molar-refractivity contribution in [3.63, 3.8) is 0 Å². The zero-order valence-corrected chi connectivity index (χ0v) is 21.3. The van der Waals surface area contributed by atoms with Gasteiger partial charge in [0.25, 0.3) is 0 Å². The number of benzene rings is 1. The number of aromatic nitrogens is 4. The van der Waals surface area contributed by atoms with Gasteiger partial charge >= 0.3 is 12.2 Å². The highest BCUT2D eigenvalue weighted by atomic mass is 19.4. The van der Waals surface area contributed by atoms with E-state index < -0.39 is 24.0 Å². The number of alkyl halides is 3. The van der Waals surface area contributed by atoms with Crippen LogP contribution in [0.1, 0.15) is 41.8 Å². The van der Waals surface area contributed by atoms with Crippen LogP contribution in [0.25, 0.3) is 11.0 Å². The molecule has 202 valence electrons. The van der Waals surface area contributed by atoms with E-state index >= 15 is 0 Å². The number of hydrogen-bond acceptors (Lipinski definition) is 8. The van der Waals surface area contributed by atoms with Crippen LogP contribution < -0.4 is 10.2 Å². The molecule has 0 unspecified atom stereocenters. The molecule has 1 aliphatic carbocycles. The van der Waals surface area contributed by atoms with Crippen LogP contribution in [0.2, 0.25) is 0 Å². The number of pyridine rings is 2. The maximum absolute atomic E-state index is 14.2. The lowest BCUT2D eigenvalue weighted by Gasteiger charge is -2.40. The van der Waals surface area contributed by atoms with E-state index in [1.807, 2.05) is 12.1 Å². The van der Waals surface area contributed by atoms with Crippen molar-refractivity contribution in [3.8, 4) is 0 Å². The summed E-state index contributed by atoms with van der Waals surface area (Å²) in [7, 11) is 1.20. The van der Waals surface area contributed by atoms with Crippen molar-refractivity contribution >= 4 is 34.3 Å². The lowest BCUT2D eigenvalue weighted by Crippen LogP contribution is -2.55. The number of fused-ring (bicyclic) bond motifs is 1. The topological polar surface area (TPSA) is 100 Å². The molecule has 1 atom stereocenters. The number of nitrogens with one attached hydrogen (secondary N) is 1. The van der Waals surface area contributed by atoms with Crippen molar-refractivity contribution in [2.24, 2.45) is 5.92 Å². The summed E-state index contributed by atoms with van der Waals surface area (Å²) < 4.78 is 47.7. The maximum atomic E-state index is 14.2. The van der Waals surface area contributed by atoms with Gasteiger partial charge < -0.3 is 19.6 Å². The lowest BCUT2D eigenvalue weighted by molar-refractivity contribution is -0.190. The molecule has 0 bridgehead atoms. The minimum atomic E-state index is -4.65. The van der Waals surface area contributed by atoms with Gasteiger partial charge in [-0.25, -0.2) is 0 Å². The van der Waals surface area contributed by atoms with Gasteiger partial charge in [0.15, 0.2) is 11.9 Å². The predicted octanol–water partition coefficient (Wildman–Crippen LogP) is 5.14. The second-order valence-corrected chi connectivity index (χ2v) is 10.1. The second-order valence-electron chi connectivity index (χ2n) is 10.1. The molecule has 4 heterocycles. The Bertz CT molecular complexity index is 1510. The third-order valence-corrected chi connectivity index (χ3v) is 7.22. The molecular formula is C27H26F3N7O2. The number of aryl methyl sites for hydroxylation is 1. The summed E-state index contributed by atoms with van der Waals surface area (Å²) in [6.45, 7) is 2.10. The summed E-state index contributed by atoms with van der Waals surface area (Å²) in [5.41, 5.74) is 4.12. The van der Waals surface area contributed by atoms with Gasteiger partial charge in [-0.3, -0.25) is 14.8 Å². The highest BCUT2D eigenvalue weighted by molar-refractivity contribution is 5.85. The Morgan fingerprint density at radius 3 is 2.54 bits per heavy atom. The minimum absolute atomic E-state index is 0.0201.